The highest BCUT2D eigenvalue weighted by Gasteiger charge is 2.07. The van der Waals surface area contributed by atoms with Gasteiger partial charge in [-0.05, 0) is 18.1 Å². The number of alkyl carbamates (subject to hydrolysis) is 1. The highest BCUT2D eigenvalue weighted by atomic mass is 19.1. The van der Waals surface area contributed by atoms with Crippen molar-refractivity contribution in [2.75, 3.05) is 6.54 Å². The zero-order valence-electron chi connectivity index (χ0n) is 12.8. The fourth-order valence-electron chi connectivity index (χ4n) is 1.95. The molecule has 0 heterocycles. The van der Waals surface area contributed by atoms with Crippen LogP contribution in [0, 0.1) is 11.6 Å². The summed E-state index contributed by atoms with van der Waals surface area (Å²) in [4.78, 5) is 11.5. The van der Waals surface area contributed by atoms with Crippen molar-refractivity contribution >= 4 is 12.2 Å². The Labute approximate surface area is 138 Å². The van der Waals surface area contributed by atoms with E-state index in [0.717, 1.165) is 11.6 Å². The number of hydrogen-bond donors (Lipinski definition) is 2. The normalized spacial score (nSPS) is 10.8. The predicted molar refractivity (Wildman–Crippen MR) is 86.3 cm³/mol. The highest BCUT2D eigenvalue weighted by Crippen LogP contribution is 2.23. The third-order valence-corrected chi connectivity index (χ3v) is 3.15. The van der Waals surface area contributed by atoms with E-state index in [-0.39, 0.29) is 12.2 Å². The van der Waals surface area contributed by atoms with Crippen molar-refractivity contribution in [3.63, 3.8) is 0 Å². The van der Waals surface area contributed by atoms with Gasteiger partial charge in [-0.2, -0.15) is 0 Å². The topological polar surface area (TPSA) is 58.6 Å². The maximum atomic E-state index is 13.1. The number of carbonyl (C=O) groups is 1. The lowest BCUT2D eigenvalue weighted by atomic mass is 10.1. The number of ether oxygens (including phenoxy) is 1. The van der Waals surface area contributed by atoms with Gasteiger partial charge in [-0.15, -0.1) is 0 Å². The molecule has 0 saturated heterocycles. The molecule has 1 amide bonds. The van der Waals surface area contributed by atoms with Crippen molar-refractivity contribution < 1.29 is 23.4 Å². The highest BCUT2D eigenvalue weighted by molar-refractivity contribution is 5.67. The monoisotopic (exact) mass is 333 g/mol. The van der Waals surface area contributed by atoms with Gasteiger partial charge in [0.1, 0.15) is 12.4 Å². The quantitative estimate of drug-likeness (QED) is 0.786. The molecule has 0 saturated carbocycles. The zero-order valence-corrected chi connectivity index (χ0v) is 12.8. The molecular weight excluding hydrogens is 316 g/mol. The van der Waals surface area contributed by atoms with E-state index in [0.29, 0.717) is 19.0 Å². The number of amides is 1. The van der Waals surface area contributed by atoms with Gasteiger partial charge in [0.05, 0.1) is 0 Å². The average Bonchev–Trinajstić information content (AvgIpc) is 2.57. The van der Waals surface area contributed by atoms with E-state index in [2.05, 4.69) is 5.32 Å². The number of aromatic hydroxyl groups is 1. The number of phenols is 1. The number of benzene rings is 2. The number of carbonyl (C=O) groups excluding carboxylic acids is 1. The van der Waals surface area contributed by atoms with Crippen LogP contribution in [0.25, 0.3) is 6.08 Å². The molecule has 24 heavy (non-hydrogen) atoms. The number of halogens is 2. The molecule has 0 radical (unpaired) electrons. The van der Waals surface area contributed by atoms with Gasteiger partial charge in [0.25, 0.3) is 0 Å². The van der Waals surface area contributed by atoms with Gasteiger partial charge in [-0.3, -0.25) is 0 Å². The Balaban J connectivity index is 1.72. The summed E-state index contributed by atoms with van der Waals surface area (Å²) in [5, 5.41) is 12.0. The summed E-state index contributed by atoms with van der Waals surface area (Å²) in [5.41, 5.74) is 0.926. The Hall–Kier alpha value is -2.89. The van der Waals surface area contributed by atoms with Crippen LogP contribution in [0.5, 0.6) is 5.75 Å². The second-order valence-electron chi connectivity index (χ2n) is 5.00. The van der Waals surface area contributed by atoms with Crippen LogP contribution in [0.2, 0.25) is 0 Å². The fourth-order valence-corrected chi connectivity index (χ4v) is 1.95. The second kappa shape index (κ2) is 8.67. The zero-order chi connectivity index (χ0) is 17.4. The molecule has 0 atom stereocenters. The van der Waals surface area contributed by atoms with Crippen molar-refractivity contribution in [2.24, 2.45) is 0 Å². The Morgan fingerprint density at radius 2 is 1.96 bits per heavy atom. The van der Waals surface area contributed by atoms with Crippen molar-refractivity contribution in [3.8, 4) is 5.75 Å². The molecule has 2 aromatic carbocycles. The minimum Gasteiger partial charge on any atom is -0.504 e. The summed E-state index contributed by atoms with van der Waals surface area (Å²) in [5.74, 6) is -2.40. The summed E-state index contributed by atoms with van der Waals surface area (Å²) in [6.45, 7) is 0.474. The van der Waals surface area contributed by atoms with Crippen molar-refractivity contribution in [1.29, 1.82) is 0 Å². The molecule has 0 bridgehead atoms. The smallest absolute Gasteiger partial charge is 0.407 e. The van der Waals surface area contributed by atoms with E-state index in [1.807, 2.05) is 30.3 Å². The number of hydrogen-bond acceptors (Lipinski definition) is 3. The summed E-state index contributed by atoms with van der Waals surface area (Å²) in [7, 11) is 0. The van der Waals surface area contributed by atoms with Crippen molar-refractivity contribution in [1.82, 2.24) is 5.32 Å². The predicted octanol–water partition coefficient (Wildman–Crippen LogP) is 4.00. The average molecular weight is 333 g/mol. The molecule has 0 aliphatic carbocycles. The van der Waals surface area contributed by atoms with Gasteiger partial charge in [-0.1, -0.05) is 42.5 Å². The number of phenolic OH excluding ortho intramolecular Hbond substituents is 1. The van der Waals surface area contributed by atoms with Crippen LogP contribution in [-0.4, -0.2) is 17.7 Å². The fraction of sp³-hybridized carbons (Fsp3) is 0.167. The van der Waals surface area contributed by atoms with Crippen LogP contribution in [0.1, 0.15) is 17.5 Å². The SMILES string of the molecule is O=C(NCCC=Cc1cc(F)cc(F)c1O)OCc1ccccc1. The minimum absolute atomic E-state index is 0.0409. The van der Waals surface area contributed by atoms with Gasteiger partial charge in [0.15, 0.2) is 11.6 Å². The third kappa shape index (κ3) is 5.39. The lowest BCUT2D eigenvalue weighted by molar-refractivity contribution is 0.140. The first-order chi connectivity index (χ1) is 11.6. The molecule has 2 aromatic rings. The Morgan fingerprint density at radius 3 is 2.71 bits per heavy atom. The molecule has 0 spiro atoms. The molecule has 0 aliphatic rings. The summed E-state index contributed by atoms with van der Waals surface area (Å²) >= 11 is 0. The standard InChI is InChI=1S/C18H17F2NO3/c19-15-10-14(17(22)16(20)11-15)8-4-5-9-21-18(23)24-12-13-6-2-1-3-7-13/h1-4,6-8,10-11,22H,5,9,12H2,(H,21,23). The largest absolute Gasteiger partial charge is 0.504 e. The van der Waals surface area contributed by atoms with Crippen LogP contribution < -0.4 is 5.32 Å². The van der Waals surface area contributed by atoms with Crippen LogP contribution >= 0.6 is 0 Å². The van der Waals surface area contributed by atoms with E-state index in [4.69, 9.17) is 4.74 Å². The third-order valence-electron chi connectivity index (χ3n) is 3.15. The van der Waals surface area contributed by atoms with E-state index in [9.17, 15) is 18.7 Å². The van der Waals surface area contributed by atoms with Gasteiger partial charge >= 0.3 is 6.09 Å². The molecule has 0 aromatic heterocycles. The molecule has 6 heteroatoms. The number of rotatable bonds is 6. The maximum absolute atomic E-state index is 13.1. The van der Waals surface area contributed by atoms with Crippen LogP contribution in [0.15, 0.2) is 48.5 Å². The second-order valence-corrected chi connectivity index (χ2v) is 5.00. The van der Waals surface area contributed by atoms with Crippen molar-refractivity contribution in [2.45, 2.75) is 13.0 Å². The molecule has 2 rings (SSSR count). The molecule has 0 fully saturated rings. The molecule has 2 N–H and O–H groups in total. The Bertz CT molecular complexity index is 718. The summed E-state index contributed by atoms with van der Waals surface area (Å²) < 4.78 is 31.2. The maximum Gasteiger partial charge on any atom is 0.407 e. The molecule has 126 valence electrons. The van der Waals surface area contributed by atoms with Crippen LogP contribution in [-0.2, 0) is 11.3 Å². The summed E-state index contributed by atoms with van der Waals surface area (Å²) in [6, 6.07) is 10.9. The van der Waals surface area contributed by atoms with E-state index in [1.165, 1.54) is 6.08 Å². The lowest BCUT2D eigenvalue weighted by Gasteiger charge is -2.06. The molecular formula is C18H17F2NO3. The first-order valence-corrected chi connectivity index (χ1v) is 7.35. The van der Waals surface area contributed by atoms with Gasteiger partial charge < -0.3 is 15.2 Å². The Morgan fingerprint density at radius 1 is 1.21 bits per heavy atom. The van der Waals surface area contributed by atoms with Crippen molar-refractivity contribution in [3.05, 3.63) is 71.3 Å². The minimum atomic E-state index is -1.02. The first-order valence-electron chi connectivity index (χ1n) is 7.35. The Kier molecular flexibility index (Phi) is 6.31. The van der Waals surface area contributed by atoms with Gasteiger partial charge in [0, 0.05) is 18.2 Å². The lowest BCUT2D eigenvalue weighted by Crippen LogP contribution is -2.24. The van der Waals surface area contributed by atoms with E-state index >= 15 is 0 Å². The first kappa shape index (κ1) is 17.5. The van der Waals surface area contributed by atoms with Gasteiger partial charge in [0.2, 0.25) is 0 Å². The van der Waals surface area contributed by atoms with E-state index in [1.54, 1.807) is 6.08 Å². The van der Waals surface area contributed by atoms with E-state index < -0.39 is 23.5 Å². The molecule has 4 nitrogen and oxygen atoms in total. The number of nitrogens with one attached hydrogen (secondary N) is 1. The van der Waals surface area contributed by atoms with Crippen LogP contribution in [0.3, 0.4) is 0 Å². The molecule has 0 aliphatic heterocycles. The summed E-state index contributed by atoms with van der Waals surface area (Å²) in [6.07, 6.45) is 2.84. The van der Waals surface area contributed by atoms with Crippen LogP contribution in [0.4, 0.5) is 13.6 Å². The molecule has 0 unspecified atom stereocenters. The van der Waals surface area contributed by atoms with Gasteiger partial charge in [-0.25, -0.2) is 13.6 Å².